The Kier molecular flexibility index (Phi) is 21.6. The Morgan fingerprint density at radius 3 is 2.30 bits per heavy atom. The molecule has 264 valence electrons. The molecule has 15 nitrogen and oxygen atoms in total. The van der Waals surface area contributed by atoms with Crippen molar-refractivity contribution in [1.29, 1.82) is 0 Å². The molecular formula is C31H56N6O9. The second-order valence-corrected chi connectivity index (χ2v) is 11.7. The third-order valence-corrected chi connectivity index (χ3v) is 7.06. The Morgan fingerprint density at radius 2 is 1.65 bits per heavy atom. The van der Waals surface area contributed by atoms with E-state index < -0.39 is 11.5 Å². The summed E-state index contributed by atoms with van der Waals surface area (Å²) in [6.07, 6.45) is 4.99. The fourth-order valence-corrected chi connectivity index (χ4v) is 4.42. The highest BCUT2D eigenvalue weighted by Crippen LogP contribution is 2.27. The van der Waals surface area contributed by atoms with Crippen LogP contribution in [-0.2, 0) is 55.8 Å². The van der Waals surface area contributed by atoms with Gasteiger partial charge in [-0.25, -0.2) is 4.68 Å². The fraction of sp³-hybridized carbons (Fsp3) is 0.806. The standard InChI is InChI=1S/C31H56N6O9/c1-24(22-31(3,4)30(41)46-21-16-42-5)29(40)33-12-14-43-17-19-45-20-18-44-15-13-37-23-26(35-36-37)9-10-28(39)34-27(25(2)38)8-6-7-11-32/h23-24,27H,6-22,32H2,1-5H3,(H,33,40)(H,34,39)/t24?,27-/m0/s1. The van der Waals surface area contributed by atoms with Crippen LogP contribution in [-0.4, -0.2) is 118 Å². The van der Waals surface area contributed by atoms with Crippen LogP contribution in [0.5, 0.6) is 0 Å². The zero-order valence-electron chi connectivity index (χ0n) is 28.3. The van der Waals surface area contributed by atoms with Crippen molar-refractivity contribution >= 4 is 23.6 Å². The number of ketones is 1. The molecule has 4 N–H and O–H groups in total. The van der Waals surface area contributed by atoms with Crippen molar-refractivity contribution in [2.75, 3.05) is 73.1 Å². The number of Topliss-reactive ketones (excluding diaryl/α,β-unsaturated/α-hetero) is 1. The van der Waals surface area contributed by atoms with E-state index in [1.807, 2.05) is 0 Å². The predicted molar refractivity (Wildman–Crippen MR) is 170 cm³/mol. The van der Waals surface area contributed by atoms with Crippen LogP contribution >= 0.6 is 0 Å². The minimum atomic E-state index is -0.781. The lowest BCUT2D eigenvalue weighted by Gasteiger charge is -2.25. The Morgan fingerprint density at radius 1 is 0.978 bits per heavy atom. The molecule has 0 aliphatic rings. The molecule has 0 aliphatic heterocycles. The van der Waals surface area contributed by atoms with Crippen molar-refractivity contribution in [3.63, 3.8) is 0 Å². The van der Waals surface area contributed by atoms with Gasteiger partial charge in [0.2, 0.25) is 11.8 Å². The summed E-state index contributed by atoms with van der Waals surface area (Å²) in [4.78, 5) is 48.7. The highest BCUT2D eigenvalue weighted by atomic mass is 16.6. The number of esters is 1. The normalized spacial score (nSPS) is 12.8. The second kappa shape index (κ2) is 24.2. The topological polar surface area (TPSA) is 195 Å². The molecule has 0 saturated heterocycles. The minimum absolute atomic E-state index is 0.0586. The summed E-state index contributed by atoms with van der Waals surface area (Å²) in [5, 5.41) is 13.8. The summed E-state index contributed by atoms with van der Waals surface area (Å²) in [6, 6.07) is -0.478. The highest BCUT2D eigenvalue weighted by Gasteiger charge is 2.33. The molecule has 0 spiro atoms. The maximum absolute atomic E-state index is 12.4. The number of ether oxygens (including phenoxy) is 5. The Labute approximate surface area is 272 Å². The molecule has 0 saturated carbocycles. The first kappa shape index (κ1) is 41.0. The van der Waals surface area contributed by atoms with Crippen molar-refractivity contribution < 1.29 is 42.9 Å². The third-order valence-electron chi connectivity index (χ3n) is 7.06. The molecule has 0 aliphatic carbocycles. The van der Waals surface area contributed by atoms with E-state index in [1.165, 1.54) is 14.0 Å². The third kappa shape index (κ3) is 18.9. The van der Waals surface area contributed by atoms with E-state index in [1.54, 1.807) is 31.6 Å². The van der Waals surface area contributed by atoms with Gasteiger partial charge < -0.3 is 40.1 Å². The lowest BCUT2D eigenvalue weighted by atomic mass is 9.83. The highest BCUT2D eigenvalue weighted by molar-refractivity contribution is 5.87. The number of nitrogens with two attached hydrogens (primary N) is 1. The molecule has 0 fully saturated rings. The number of hydrogen-bond donors (Lipinski definition) is 3. The molecule has 2 atom stereocenters. The fourth-order valence-electron chi connectivity index (χ4n) is 4.42. The molecule has 0 aromatic carbocycles. The van der Waals surface area contributed by atoms with Gasteiger partial charge in [-0.3, -0.25) is 19.2 Å². The number of nitrogens with zero attached hydrogens (tertiary/aromatic N) is 3. The maximum atomic E-state index is 12.4. The van der Waals surface area contributed by atoms with Crippen LogP contribution in [0.15, 0.2) is 6.20 Å². The second-order valence-electron chi connectivity index (χ2n) is 11.7. The molecule has 15 heteroatoms. The van der Waals surface area contributed by atoms with Crippen molar-refractivity contribution in [2.45, 2.75) is 78.8 Å². The number of unbranched alkanes of at least 4 members (excludes halogenated alkanes) is 1. The molecule has 1 aromatic heterocycles. The molecule has 1 heterocycles. The molecule has 0 radical (unpaired) electrons. The summed E-state index contributed by atoms with van der Waals surface area (Å²) in [5.74, 6) is -1.11. The molecule has 1 rings (SSSR count). The van der Waals surface area contributed by atoms with E-state index in [9.17, 15) is 19.2 Å². The van der Waals surface area contributed by atoms with Gasteiger partial charge >= 0.3 is 5.97 Å². The average molecular weight is 657 g/mol. The summed E-state index contributed by atoms with van der Waals surface area (Å²) in [5.41, 5.74) is 5.41. The molecule has 0 bridgehead atoms. The van der Waals surface area contributed by atoms with E-state index in [2.05, 4.69) is 20.9 Å². The van der Waals surface area contributed by atoms with E-state index in [0.29, 0.717) is 90.8 Å². The van der Waals surface area contributed by atoms with Gasteiger partial charge in [-0.2, -0.15) is 0 Å². The zero-order chi connectivity index (χ0) is 34.2. The van der Waals surface area contributed by atoms with Gasteiger partial charge in [-0.15, -0.1) is 5.10 Å². The van der Waals surface area contributed by atoms with Gasteiger partial charge in [0.05, 0.1) is 69.9 Å². The van der Waals surface area contributed by atoms with Gasteiger partial charge in [-0.1, -0.05) is 12.1 Å². The van der Waals surface area contributed by atoms with Crippen LogP contribution in [0, 0.1) is 11.3 Å². The van der Waals surface area contributed by atoms with Crippen LogP contribution < -0.4 is 16.4 Å². The Bertz CT molecular complexity index is 1020. The van der Waals surface area contributed by atoms with Gasteiger partial charge in [0.1, 0.15) is 6.61 Å². The van der Waals surface area contributed by atoms with Gasteiger partial charge in [-0.05, 0) is 53.0 Å². The quantitative estimate of drug-likeness (QED) is 0.0850. The van der Waals surface area contributed by atoms with Crippen molar-refractivity contribution in [1.82, 2.24) is 25.6 Å². The lowest BCUT2D eigenvalue weighted by molar-refractivity contribution is -0.156. The zero-order valence-corrected chi connectivity index (χ0v) is 28.3. The first-order valence-corrected chi connectivity index (χ1v) is 16.1. The number of carbonyl (C=O) groups excluding carboxylic acids is 4. The summed E-state index contributed by atoms with van der Waals surface area (Å²) >= 11 is 0. The number of hydrogen-bond acceptors (Lipinski definition) is 12. The van der Waals surface area contributed by atoms with Crippen LogP contribution in [0.2, 0.25) is 0 Å². The number of aromatic nitrogens is 3. The Hall–Kier alpha value is -2.98. The number of rotatable bonds is 28. The first-order valence-electron chi connectivity index (χ1n) is 16.1. The van der Waals surface area contributed by atoms with Crippen LogP contribution in [0.4, 0.5) is 0 Å². The SMILES string of the molecule is COCCOC(=O)C(C)(C)CC(C)C(=O)NCCOCCOCCOCCn1cc(CCC(=O)N[C@@H](CCCCN)C(C)=O)nn1. The summed E-state index contributed by atoms with van der Waals surface area (Å²) in [6.45, 7) is 11.1. The summed E-state index contributed by atoms with van der Waals surface area (Å²) < 4.78 is 28.3. The smallest absolute Gasteiger partial charge is 0.311 e. The molecule has 1 aromatic rings. The minimum Gasteiger partial charge on any atom is -0.463 e. The van der Waals surface area contributed by atoms with Crippen LogP contribution in [0.1, 0.15) is 65.5 Å². The maximum Gasteiger partial charge on any atom is 0.311 e. The molecule has 1 unspecified atom stereocenters. The number of methoxy groups -OCH3 is 1. The monoisotopic (exact) mass is 656 g/mol. The van der Waals surface area contributed by atoms with Crippen LogP contribution in [0.25, 0.3) is 0 Å². The van der Waals surface area contributed by atoms with Gasteiger partial charge in [0, 0.05) is 38.6 Å². The van der Waals surface area contributed by atoms with E-state index in [0.717, 1.165) is 12.8 Å². The van der Waals surface area contributed by atoms with Gasteiger partial charge in [0.25, 0.3) is 0 Å². The first-order chi connectivity index (χ1) is 22.0. The van der Waals surface area contributed by atoms with E-state index in [-0.39, 0.29) is 42.5 Å². The number of aryl methyl sites for hydroxylation is 1. The number of carbonyl (C=O) groups is 4. The average Bonchev–Trinajstić information content (AvgIpc) is 3.47. The Balaban J connectivity index is 2.06. The molecular weight excluding hydrogens is 600 g/mol. The van der Waals surface area contributed by atoms with E-state index in [4.69, 9.17) is 29.4 Å². The van der Waals surface area contributed by atoms with Crippen molar-refractivity contribution in [2.24, 2.45) is 17.1 Å². The number of nitrogens with one attached hydrogen (secondary N) is 2. The largest absolute Gasteiger partial charge is 0.463 e. The van der Waals surface area contributed by atoms with Crippen LogP contribution in [0.3, 0.4) is 0 Å². The van der Waals surface area contributed by atoms with E-state index >= 15 is 0 Å². The lowest BCUT2D eigenvalue weighted by Crippen LogP contribution is -2.39. The summed E-state index contributed by atoms with van der Waals surface area (Å²) in [7, 11) is 1.54. The van der Waals surface area contributed by atoms with Crippen molar-refractivity contribution in [3.8, 4) is 0 Å². The predicted octanol–water partition coefficient (Wildman–Crippen LogP) is 0.822. The molecule has 46 heavy (non-hydrogen) atoms. The number of amides is 2. The molecule has 2 amide bonds. The van der Waals surface area contributed by atoms with Crippen molar-refractivity contribution in [3.05, 3.63) is 11.9 Å². The van der Waals surface area contributed by atoms with Gasteiger partial charge in [0.15, 0.2) is 5.78 Å².